The van der Waals surface area contributed by atoms with Crippen molar-refractivity contribution in [2.24, 2.45) is 0 Å². The zero-order valence-corrected chi connectivity index (χ0v) is 18.7. The number of unbranched alkanes of at least 4 members (excludes halogenated alkanes) is 2. The van der Waals surface area contributed by atoms with Gasteiger partial charge in [0.05, 0.1) is 6.42 Å². The van der Waals surface area contributed by atoms with Crippen LogP contribution in [0, 0.1) is 0 Å². The highest BCUT2D eigenvalue weighted by atomic mass is 16.2. The van der Waals surface area contributed by atoms with Crippen LogP contribution in [0.2, 0.25) is 0 Å². The van der Waals surface area contributed by atoms with Crippen LogP contribution in [-0.2, 0) is 22.6 Å². The normalized spacial score (nSPS) is 11.5. The van der Waals surface area contributed by atoms with E-state index < -0.39 is 6.04 Å². The summed E-state index contributed by atoms with van der Waals surface area (Å²) in [6.07, 6.45) is 3.34. The molecule has 0 aromatic heterocycles. The number of hydrogen-bond acceptors (Lipinski definition) is 2. The molecule has 166 valence electrons. The van der Waals surface area contributed by atoms with Gasteiger partial charge >= 0.3 is 0 Å². The first-order valence-corrected chi connectivity index (χ1v) is 11.4. The maximum atomic E-state index is 13.6. The lowest BCUT2D eigenvalue weighted by molar-refractivity contribution is -0.141. The van der Waals surface area contributed by atoms with Crippen LogP contribution in [-0.4, -0.2) is 23.3 Å². The Kier molecular flexibility index (Phi) is 9.05. The summed E-state index contributed by atoms with van der Waals surface area (Å²) in [5.74, 6) is -0.206. The van der Waals surface area contributed by atoms with Gasteiger partial charge in [-0.2, -0.15) is 0 Å². The van der Waals surface area contributed by atoms with E-state index in [1.807, 2.05) is 91.0 Å². The van der Waals surface area contributed by atoms with E-state index in [0.29, 0.717) is 13.1 Å². The minimum Gasteiger partial charge on any atom is -0.354 e. The molecule has 0 saturated carbocycles. The second-order valence-electron chi connectivity index (χ2n) is 7.98. The Bertz CT molecular complexity index is 958. The van der Waals surface area contributed by atoms with Crippen LogP contribution in [0.4, 0.5) is 0 Å². The van der Waals surface area contributed by atoms with Crippen LogP contribution >= 0.6 is 0 Å². The van der Waals surface area contributed by atoms with Crippen molar-refractivity contribution in [3.05, 3.63) is 108 Å². The third kappa shape index (κ3) is 6.81. The number of rotatable bonds is 11. The highest BCUT2D eigenvalue weighted by Crippen LogP contribution is 2.25. The number of nitrogens with zero attached hydrogens (tertiary/aromatic N) is 1. The largest absolute Gasteiger partial charge is 0.354 e. The molecule has 0 bridgehead atoms. The molecule has 3 rings (SSSR count). The van der Waals surface area contributed by atoms with E-state index in [4.69, 9.17) is 0 Å². The Morgan fingerprint density at radius 1 is 0.781 bits per heavy atom. The maximum absolute atomic E-state index is 13.6. The Morgan fingerprint density at radius 2 is 1.34 bits per heavy atom. The van der Waals surface area contributed by atoms with Gasteiger partial charge in [0.1, 0.15) is 6.04 Å². The van der Waals surface area contributed by atoms with E-state index in [-0.39, 0.29) is 18.2 Å². The fourth-order valence-electron chi connectivity index (χ4n) is 3.77. The Labute approximate surface area is 191 Å². The Hall–Kier alpha value is -3.40. The van der Waals surface area contributed by atoms with Crippen molar-refractivity contribution in [2.45, 2.75) is 45.2 Å². The van der Waals surface area contributed by atoms with Gasteiger partial charge in [0, 0.05) is 13.1 Å². The summed E-state index contributed by atoms with van der Waals surface area (Å²) in [7, 11) is 0. The lowest BCUT2D eigenvalue weighted by atomic mass is 10.0. The summed E-state index contributed by atoms with van der Waals surface area (Å²) < 4.78 is 0. The fourth-order valence-corrected chi connectivity index (χ4v) is 3.77. The molecule has 4 nitrogen and oxygen atoms in total. The van der Waals surface area contributed by atoms with Crippen molar-refractivity contribution < 1.29 is 9.59 Å². The van der Waals surface area contributed by atoms with Crippen LogP contribution in [0.1, 0.15) is 48.9 Å². The number of carbonyl (C=O) groups is 2. The van der Waals surface area contributed by atoms with E-state index in [1.54, 1.807) is 4.90 Å². The first-order chi connectivity index (χ1) is 15.7. The third-order valence-electron chi connectivity index (χ3n) is 5.47. The van der Waals surface area contributed by atoms with Gasteiger partial charge in [-0.3, -0.25) is 9.59 Å². The van der Waals surface area contributed by atoms with Gasteiger partial charge in [0.2, 0.25) is 11.8 Å². The average Bonchev–Trinajstić information content (AvgIpc) is 2.83. The molecule has 0 aliphatic carbocycles. The molecular weight excluding hydrogens is 396 g/mol. The predicted molar refractivity (Wildman–Crippen MR) is 129 cm³/mol. The third-order valence-corrected chi connectivity index (χ3v) is 5.47. The Balaban J connectivity index is 1.91. The Morgan fingerprint density at radius 3 is 1.94 bits per heavy atom. The summed E-state index contributed by atoms with van der Waals surface area (Å²) in [6, 6.07) is 28.4. The van der Waals surface area contributed by atoms with Crippen molar-refractivity contribution >= 4 is 11.8 Å². The molecule has 1 N–H and O–H groups in total. The van der Waals surface area contributed by atoms with Gasteiger partial charge in [0.25, 0.3) is 0 Å². The highest BCUT2D eigenvalue weighted by Gasteiger charge is 2.31. The van der Waals surface area contributed by atoms with Gasteiger partial charge in [-0.1, -0.05) is 111 Å². The van der Waals surface area contributed by atoms with E-state index in [1.165, 1.54) is 0 Å². The maximum Gasteiger partial charge on any atom is 0.247 e. The number of carbonyl (C=O) groups excluding carboxylic acids is 2. The summed E-state index contributed by atoms with van der Waals surface area (Å²) in [6.45, 7) is 3.12. The number of nitrogens with one attached hydrogen (secondary N) is 1. The van der Waals surface area contributed by atoms with Gasteiger partial charge in [0.15, 0.2) is 0 Å². The SMILES string of the molecule is CCCCCNC(=O)[C@@H](c1ccccc1)N(Cc1ccccc1)C(=O)Cc1ccccc1. The van der Waals surface area contributed by atoms with E-state index >= 15 is 0 Å². The first-order valence-electron chi connectivity index (χ1n) is 11.4. The average molecular weight is 429 g/mol. The molecule has 3 aromatic rings. The molecule has 32 heavy (non-hydrogen) atoms. The molecule has 0 heterocycles. The molecule has 0 aliphatic rings. The predicted octanol–water partition coefficient (Wildman–Crippen LogP) is 5.31. The molecule has 3 aromatic carbocycles. The van der Waals surface area contributed by atoms with Gasteiger partial charge in [-0.15, -0.1) is 0 Å². The lowest BCUT2D eigenvalue weighted by Crippen LogP contribution is -2.44. The second-order valence-corrected chi connectivity index (χ2v) is 7.98. The van der Waals surface area contributed by atoms with Crippen molar-refractivity contribution in [3.8, 4) is 0 Å². The van der Waals surface area contributed by atoms with Crippen LogP contribution in [0.25, 0.3) is 0 Å². The molecule has 4 heteroatoms. The smallest absolute Gasteiger partial charge is 0.247 e. The zero-order valence-electron chi connectivity index (χ0n) is 18.7. The molecule has 0 fully saturated rings. The molecule has 0 saturated heterocycles. The van der Waals surface area contributed by atoms with Crippen LogP contribution < -0.4 is 5.32 Å². The van der Waals surface area contributed by atoms with Crippen LogP contribution in [0.5, 0.6) is 0 Å². The molecule has 1 atom stereocenters. The number of amides is 2. The standard InChI is InChI=1S/C28H32N2O2/c1-2-3-13-20-29-28(32)27(25-18-11-6-12-19-25)30(22-24-16-9-5-10-17-24)26(31)21-23-14-7-4-8-15-23/h4-12,14-19,27H,2-3,13,20-22H2,1H3,(H,29,32)/t27-/m1/s1. The van der Waals surface area contributed by atoms with Crippen molar-refractivity contribution in [3.63, 3.8) is 0 Å². The monoisotopic (exact) mass is 428 g/mol. The van der Waals surface area contributed by atoms with E-state index in [2.05, 4.69) is 12.2 Å². The number of hydrogen-bond donors (Lipinski definition) is 1. The number of benzene rings is 3. The highest BCUT2D eigenvalue weighted by molar-refractivity contribution is 5.89. The molecule has 0 radical (unpaired) electrons. The fraction of sp³-hybridized carbons (Fsp3) is 0.286. The van der Waals surface area contributed by atoms with Crippen molar-refractivity contribution in [2.75, 3.05) is 6.54 Å². The molecule has 0 unspecified atom stereocenters. The molecular formula is C28H32N2O2. The van der Waals surface area contributed by atoms with Crippen molar-refractivity contribution in [1.82, 2.24) is 10.2 Å². The molecule has 2 amide bonds. The second kappa shape index (κ2) is 12.5. The van der Waals surface area contributed by atoms with Gasteiger partial charge < -0.3 is 10.2 Å². The van der Waals surface area contributed by atoms with Gasteiger partial charge in [-0.05, 0) is 23.1 Å². The summed E-state index contributed by atoms with van der Waals surface area (Å²) >= 11 is 0. The van der Waals surface area contributed by atoms with E-state index in [9.17, 15) is 9.59 Å². The molecule has 0 aliphatic heterocycles. The summed E-state index contributed by atoms with van der Waals surface area (Å²) in [5, 5.41) is 3.07. The first kappa shape index (κ1) is 23.3. The minimum atomic E-state index is -0.686. The molecule has 0 spiro atoms. The summed E-state index contributed by atoms with van der Waals surface area (Å²) in [4.78, 5) is 28.7. The quantitative estimate of drug-likeness (QED) is 0.421. The van der Waals surface area contributed by atoms with Crippen LogP contribution in [0.15, 0.2) is 91.0 Å². The minimum absolute atomic E-state index is 0.0717. The topological polar surface area (TPSA) is 49.4 Å². The van der Waals surface area contributed by atoms with Crippen LogP contribution in [0.3, 0.4) is 0 Å². The van der Waals surface area contributed by atoms with Crippen molar-refractivity contribution in [1.29, 1.82) is 0 Å². The summed E-state index contributed by atoms with van der Waals surface area (Å²) in [5.41, 5.74) is 2.75. The zero-order chi connectivity index (χ0) is 22.6. The lowest BCUT2D eigenvalue weighted by Gasteiger charge is -2.32. The van der Waals surface area contributed by atoms with Gasteiger partial charge in [-0.25, -0.2) is 0 Å². The van der Waals surface area contributed by atoms with E-state index in [0.717, 1.165) is 36.0 Å².